The van der Waals surface area contributed by atoms with Gasteiger partial charge in [-0.05, 0) is 0 Å². The number of rotatable bonds is 1. The molecule has 0 saturated carbocycles. The average Bonchev–Trinajstić information content (AvgIpc) is 2.44. The lowest BCUT2D eigenvalue weighted by Gasteiger charge is -1.92. The van der Waals surface area contributed by atoms with E-state index in [1.165, 1.54) is 0 Å². The molecule has 0 N–H and O–H groups in total. The minimum atomic E-state index is 0.941. The Morgan fingerprint density at radius 2 is 2.60 bits per heavy atom. The van der Waals surface area contributed by atoms with Crippen LogP contribution in [0.5, 0.6) is 0 Å². The Balaban J connectivity index is 2.55. The molecule has 1 aromatic heterocycles. The van der Waals surface area contributed by atoms with E-state index in [4.69, 9.17) is 0 Å². The van der Waals surface area contributed by atoms with E-state index in [-0.39, 0.29) is 0 Å². The van der Waals surface area contributed by atoms with Gasteiger partial charge in [0, 0.05) is 24.5 Å². The SMILES string of the molecule is C=CC1=CCn2ccnc21. The predicted octanol–water partition coefficient (Wildman–Crippen LogP) is 1.47. The van der Waals surface area contributed by atoms with Gasteiger partial charge in [0.25, 0.3) is 0 Å². The highest BCUT2D eigenvalue weighted by molar-refractivity contribution is 5.71. The number of hydrogen-bond acceptors (Lipinski definition) is 1. The van der Waals surface area contributed by atoms with Crippen molar-refractivity contribution in [2.45, 2.75) is 6.54 Å². The summed E-state index contributed by atoms with van der Waals surface area (Å²) in [6, 6.07) is 0. The lowest BCUT2D eigenvalue weighted by molar-refractivity contribution is 0.836. The Morgan fingerprint density at radius 3 is 3.40 bits per heavy atom. The Kier molecular flexibility index (Phi) is 1.01. The van der Waals surface area contributed by atoms with Crippen molar-refractivity contribution in [3.05, 3.63) is 36.9 Å². The van der Waals surface area contributed by atoms with Gasteiger partial charge in [-0.15, -0.1) is 0 Å². The molecule has 0 unspecified atom stereocenters. The quantitative estimate of drug-likeness (QED) is 0.565. The first kappa shape index (κ1) is 5.47. The number of hydrogen-bond donors (Lipinski definition) is 0. The maximum absolute atomic E-state index is 4.17. The van der Waals surface area contributed by atoms with E-state index in [0.29, 0.717) is 0 Å². The van der Waals surface area contributed by atoms with Crippen LogP contribution in [0.25, 0.3) is 5.57 Å². The van der Waals surface area contributed by atoms with Crippen molar-refractivity contribution in [2.75, 3.05) is 0 Å². The molecule has 1 aromatic rings. The van der Waals surface area contributed by atoms with Crippen LogP contribution in [-0.4, -0.2) is 9.55 Å². The number of allylic oxidation sites excluding steroid dienone is 3. The first-order chi connectivity index (χ1) is 4.92. The van der Waals surface area contributed by atoms with Crippen molar-refractivity contribution < 1.29 is 0 Å². The number of imidazole rings is 1. The van der Waals surface area contributed by atoms with Crippen LogP contribution in [0.2, 0.25) is 0 Å². The summed E-state index contributed by atoms with van der Waals surface area (Å²) in [5.41, 5.74) is 1.14. The molecule has 0 aromatic carbocycles. The summed E-state index contributed by atoms with van der Waals surface area (Å²) >= 11 is 0. The van der Waals surface area contributed by atoms with Crippen molar-refractivity contribution in [1.82, 2.24) is 9.55 Å². The van der Waals surface area contributed by atoms with Crippen molar-refractivity contribution >= 4 is 5.57 Å². The lowest BCUT2D eigenvalue weighted by Crippen LogP contribution is -1.90. The zero-order chi connectivity index (χ0) is 6.97. The molecule has 10 heavy (non-hydrogen) atoms. The fraction of sp³-hybridized carbons (Fsp3) is 0.125. The minimum Gasteiger partial charge on any atom is -0.327 e. The monoisotopic (exact) mass is 132 g/mol. The van der Waals surface area contributed by atoms with E-state index in [1.54, 1.807) is 0 Å². The van der Waals surface area contributed by atoms with Gasteiger partial charge in [0.05, 0.1) is 0 Å². The zero-order valence-corrected chi connectivity index (χ0v) is 5.62. The van der Waals surface area contributed by atoms with Crippen molar-refractivity contribution in [2.24, 2.45) is 0 Å². The predicted molar refractivity (Wildman–Crippen MR) is 40.4 cm³/mol. The van der Waals surface area contributed by atoms with Gasteiger partial charge < -0.3 is 4.57 Å². The van der Waals surface area contributed by atoms with Crippen LogP contribution >= 0.6 is 0 Å². The minimum absolute atomic E-state index is 0.941. The second kappa shape index (κ2) is 1.84. The summed E-state index contributed by atoms with van der Waals surface area (Å²) in [6.07, 6.45) is 7.75. The summed E-state index contributed by atoms with van der Waals surface area (Å²) < 4.78 is 2.09. The van der Waals surface area contributed by atoms with Crippen LogP contribution in [0.1, 0.15) is 5.82 Å². The van der Waals surface area contributed by atoms with E-state index in [0.717, 1.165) is 17.9 Å². The zero-order valence-electron chi connectivity index (χ0n) is 5.62. The molecular weight excluding hydrogens is 124 g/mol. The third-order valence-corrected chi connectivity index (χ3v) is 1.70. The molecule has 2 heteroatoms. The van der Waals surface area contributed by atoms with Crippen LogP contribution in [0.4, 0.5) is 0 Å². The van der Waals surface area contributed by atoms with Crippen LogP contribution in [-0.2, 0) is 6.54 Å². The molecule has 0 radical (unpaired) electrons. The molecule has 0 saturated heterocycles. The normalized spacial score (nSPS) is 14.6. The molecule has 0 fully saturated rings. The molecule has 2 rings (SSSR count). The molecule has 0 bridgehead atoms. The maximum Gasteiger partial charge on any atom is 0.139 e. The molecule has 2 nitrogen and oxygen atoms in total. The molecule has 2 heterocycles. The van der Waals surface area contributed by atoms with Crippen LogP contribution in [0, 0.1) is 0 Å². The summed E-state index contributed by atoms with van der Waals surface area (Å²) in [4.78, 5) is 4.17. The van der Waals surface area contributed by atoms with Gasteiger partial charge in [-0.1, -0.05) is 18.7 Å². The summed E-state index contributed by atoms with van der Waals surface area (Å²) in [7, 11) is 0. The van der Waals surface area contributed by atoms with Crippen LogP contribution in [0.15, 0.2) is 31.1 Å². The van der Waals surface area contributed by atoms with Gasteiger partial charge in [0.15, 0.2) is 0 Å². The van der Waals surface area contributed by atoms with Gasteiger partial charge in [0.1, 0.15) is 5.82 Å². The van der Waals surface area contributed by atoms with E-state index in [1.807, 2.05) is 18.5 Å². The van der Waals surface area contributed by atoms with Crippen molar-refractivity contribution in [3.63, 3.8) is 0 Å². The van der Waals surface area contributed by atoms with Crippen molar-refractivity contribution in [1.29, 1.82) is 0 Å². The summed E-state index contributed by atoms with van der Waals surface area (Å²) in [5.74, 6) is 1.04. The Morgan fingerprint density at radius 1 is 1.70 bits per heavy atom. The van der Waals surface area contributed by atoms with Crippen LogP contribution in [0.3, 0.4) is 0 Å². The highest BCUT2D eigenvalue weighted by atomic mass is 15.1. The number of fused-ring (bicyclic) bond motifs is 1. The van der Waals surface area contributed by atoms with E-state index in [2.05, 4.69) is 22.2 Å². The number of aromatic nitrogens is 2. The van der Waals surface area contributed by atoms with E-state index in [9.17, 15) is 0 Å². The smallest absolute Gasteiger partial charge is 0.139 e. The fourth-order valence-corrected chi connectivity index (χ4v) is 1.18. The second-order valence-electron chi connectivity index (χ2n) is 2.27. The van der Waals surface area contributed by atoms with Gasteiger partial charge in [0.2, 0.25) is 0 Å². The molecular formula is C8H8N2. The lowest BCUT2D eigenvalue weighted by atomic mass is 10.3. The largest absolute Gasteiger partial charge is 0.327 e. The molecule has 0 amide bonds. The van der Waals surface area contributed by atoms with E-state index < -0.39 is 0 Å². The van der Waals surface area contributed by atoms with Gasteiger partial charge in [-0.25, -0.2) is 4.98 Å². The van der Waals surface area contributed by atoms with Crippen LogP contribution < -0.4 is 0 Å². The molecule has 0 aliphatic carbocycles. The Labute approximate surface area is 59.5 Å². The molecule has 50 valence electrons. The summed E-state index contributed by atoms with van der Waals surface area (Å²) in [5, 5.41) is 0. The van der Waals surface area contributed by atoms with Gasteiger partial charge in [-0.2, -0.15) is 0 Å². The molecule has 0 atom stereocenters. The highest BCUT2D eigenvalue weighted by Gasteiger charge is 2.10. The van der Waals surface area contributed by atoms with E-state index >= 15 is 0 Å². The Bertz CT molecular complexity index is 294. The van der Waals surface area contributed by atoms with Crippen molar-refractivity contribution in [3.8, 4) is 0 Å². The summed E-state index contributed by atoms with van der Waals surface area (Å²) in [6.45, 7) is 4.64. The first-order valence-corrected chi connectivity index (χ1v) is 3.26. The highest BCUT2D eigenvalue weighted by Crippen LogP contribution is 2.19. The average molecular weight is 132 g/mol. The molecule has 0 spiro atoms. The van der Waals surface area contributed by atoms with Gasteiger partial charge in [-0.3, -0.25) is 0 Å². The molecule has 1 aliphatic heterocycles. The Hall–Kier alpha value is -1.31. The van der Waals surface area contributed by atoms with Gasteiger partial charge >= 0.3 is 0 Å². The first-order valence-electron chi connectivity index (χ1n) is 3.26. The molecule has 1 aliphatic rings. The standard InChI is InChI=1S/C8H8N2/c1-2-7-3-5-10-6-4-9-8(7)10/h2-4,6H,1,5H2. The third kappa shape index (κ3) is 0.559. The maximum atomic E-state index is 4.17. The number of nitrogens with zero attached hydrogens (tertiary/aromatic N) is 2. The second-order valence-corrected chi connectivity index (χ2v) is 2.27. The third-order valence-electron chi connectivity index (χ3n) is 1.70. The fourth-order valence-electron chi connectivity index (χ4n) is 1.18. The topological polar surface area (TPSA) is 17.8 Å².